The van der Waals surface area contributed by atoms with Crippen LogP contribution in [-0.2, 0) is 6.42 Å². The zero-order valence-electron chi connectivity index (χ0n) is 8.27. The lowest BCUT2D eigenvalue weighted by Crippen LogP contribution is -2.00. The molecule has 0 bridgehead atoms. The number of carboxylic acids is 1. The molecule has 0 amide bonds. The van der Waals surface area contributed by atoms with Gasteiger partial charge in [-0.15, -0.1) is 0 Å². The van der Waals surface area contributed by atoms with Crippen LogP contribution in [0, 0.1) is 0 Å². The van der Waals surface area contributed by atoms with Crippen LogP contribution in [0.2, 0.25) is 0 Å². The van der Waals surface area contributed by atoms with Crippen LogP contribution in [0.3, 0.4) is 0 Å². The van der Waals surface area contributed by atoms with E-state index in [9.17, 15) is 4.79 Å². The highest BCUT2D eigenvalue weighted by Crippen LogP contribution is 2.18. The third-order valence-electron chi connectivity index (χ3n) is 2.30. The molecule has 0 aliphatic heterocycles. The van der Waals surface area contributed by atoms with Crippen molar-refractivity contribution in [3.05, 3.63) is 35.8 Å². The van der Waals surface area contributed by atoms with Crippen molar-refractivity contribution in [3.8, 4) is 0 Å². The predicted octanol–water partition coefficient (Wildman–Crippen LogP) is 1.89. The highest BCUT2D eigenvalue weighted by atomic mass is 16.4. The zero-order valence-corrected chi connectivity index (χ0v) is 8.27. The molecule has 0 saturated heterocycles. The Morgan fingerprint density at radius 3 is 2.93 bits per heavy atom. The van der Waals surface area contributed by atoms with Crippen molar-refractivity contribution in [2.24, 2.45) is 0 Å². The Labute approximate surface area is 86.6 Å². The summed E-state index contributed by atoms with van der Waals surface area (Å²) in [5, 5.41) is 9.81. The average Bonchev–Trinajstić information content (AvgIpc) is 2.27. The summed E-state index contributed by atoms with van der Waals surface area (Å²) in [6.07, 6.45) is 3.79. The van der Waals surface area contributed by atoms with Crippen molar-refractivity contribution in [1.29, 1.82) is 0 Å². The van der Waals surface area contributed by atoms with Crippen molar-refractivity contribution in [2.75, 3.05) is 0 Å². The van der Waals surface area contributed by atoms with Crippen molar-refractivity contribution in [2.45, 2.75) is 13.3 Å². The first kappa shape index (κ1) is 9.58. The van der Waals surface area contributed by atoms with E-state index in [4.69, 9.17) is 5.11 Å². The van der Waals surface area contributed by atoms with Crippen molar-refractivity contribution in [1.82, 2.24) is 9.97 Å². The molecule has 1 aromatic carbocycles. The molecule has 2 aromatic rings. The number of nitrogens with zero attached hydrogens (tertiary/aromatic N) is 2. The van der Waals surface area contributed by atoms with Crippen LogP contribution in [0.15, 0.2) is 24.7 Å². The monoisotopic (exact) mass is 202 g/mol. The molecule has 0 aliphatic carbocycles. The van der Waals surface area contributed by atoms with Gasteiger partial charge in [0.15, 0.2) is 0 Å². The molecule has 0 saturated carbocycles. The number of aromatic nitrogens is 2. The molecular weight excluding hydrogens is 192 g/mol. The van der Waals surface area contributed by atoms with Crippen LogP contribution in [-0.4, -0.2) is 21.0 Å². The summed E-state index contributed by atoms with van der Waals surface area (Å²) in [4.78, 5) is 18.9. The van der Waals surface area contributed by atoms with Crippen LogP contribution in [0.1, 0.15) is 22.8 Å². The Kier molecular flexibility index (Phi) is 2.33. The summed E-state index contributed by atoms with van der Waals surface area (Å²) >= 11 is 0. The Balaban J connectivity index is 2.80. The van der Waals surface area contributed by atoms with E-state index >= 15 is 0 Å². The van der Waals surface area contributed by atoms with Crippen molar-refractivity contribution >= 4 is 16.9 Å². The van der Waals surface area contributed by atoms with Crippen LogP contribution < -0.4 is 0 Å². The number of hydrogen-bond donors (Lipinski definition) is 1. The summed E-state index contributed by atoms with van der Waals surface area (Å²) in [5.74, 6) is -0.950. The summed E-state index contributed by atoms with van der Waals surface area (Å²) in [6, 6.07) is 3.58. The Hall–Kier alpha value is -1.97. The molecule has 1 aromatic heterocycles. The van der Waals surface area contributed by atoms with Gasteiger partial charge in [0.1, 0.15) is 6.33 Å². The molecular formula is C11H10N2O2. The zero-order chi connectivity index (χ0) is 10.8. The largest absolute Gasteiger partial charge is 0.478 e. The lowest BCUT2D eigenvalue weighted by Gasteiger charge is -2.04. The van der Waals surface area contributed by atoms with Gasteiger partial charge in [-0.3, -0.25) is 0 Å². The second-order valence-corrected chi connectivity index (χ2v) is 3.26. The maximum atomic E-state index is 11.0. The Bertz CT molecular complexity index is 523. The SMILES string of the molecule is CCc1cc(C(=O)O)c2ncncc2c1. The number of hydrogen-bond acceptors (Lipinski definition) is 3. The second kappa shape index (κ2) is 3.65. The maximum absolute atomic E-state index is 11.0. The van der Waals surface area contributed by atoms with Crippen LogP contribution >= 0.6 is 0 Å². The normalized spacial score (nSPS) is 10.5. The number of rotatable bonds is 2. The number of benzene rings is 1. The van der Waals surface area contributed by atoms with Gasteiger partial charge in [-0.2, -0.15) is 0 Å². The van der Waals surface area contributed by atoms with E-state index < -0.39 is 5.97 Å². The van der Waals surface area contributed by atoms with Crippen LogP contribution in [0.25, 0.3) is 10.9 Å². The molecule has 1 N–H and O–H groups in total. The van der Waals surface area contributed by atoms with Crippen LogP contribution in [0.4, 0.5) is 0 Å². The topological polar surface area (TPSA) is 63.1 Å². The van der Waals surface area contributed by atoms with Crippen LogP contribution in [0.5, 0.6) is 0 Å². The summed E-state index contributed by atoms with van der Waals surface area (Å²) < 4.78 is 0. The molecule has 4 nitrogen and oxygen atoms in total. The minimum Gasteiger partial charge on any atom is -0.478 e. The van der Waals surface area contributed by atoms with Gasteiger partial charge in [0.2, 0.25) is 0 Å². The van der Waals surface area contributed by atoms with Gasteiger partial charge in [-0.1, -0.05) is 6.92 Å². The molecule has 0 unspecified atom stereocenters. The molecule has 0 aliphatic rings. The molecule has 76 valence electrons. The maximum Gasteiger partial charge on any atom is 0.337 e. The van der Waals surface area contributed by atoms with Gasteiger partial charge >= 0.3 is 5.97 Å². The number of carbonyl (C=O) groups is 1. The summed E-state index contributed by atoms with van der Waals surface area (Å²) in [5.41, 5.74) is 1.72. The van der Waals surface area contributed by atoms with E-state index in [0.29, 0.717) is 5.52 Å². The van der Waals surface area contributed by atoms with Gasteiger partial charge in [0, 0.05) is 11.6 Å². The van der Waals surface area contributed by atoms with Gasteiger partial charge in [-0.05, 0) is 24.1 Å². The third kappa shape index (κ3) is 1.66. The first-order valence-electron chi connectivity index (χ1n) is 4.68. The number of aryl methyl sites for hydroxylation is 1. The molecule has 2 rings (SSSR count). The quantitative estimate of drug-likeness (QED) is 0.807. The van der Waals surface area contributed by atoms with Gasteiger partial charge in [-0.25, -0.2) is 14.8 Å². The molecule has 0 radical (unpaired) electrons. The summed E-state index contributed by atoms with van der Waals surface area (Å²) in [7, 11) is 0. The Morgan fingerprint density at radius 2 is 2.27 bits per heavy atom. The van der Waals surface area contributed by atoms with Gasteiger partial charge < -0.3 is 5.11 Å². The molecule has 0 spiro atoms. The lowest BCUT2D eigenvalue weighted by molar-refractivity contribution is 0.0698. The van der Waals surface area contributed by atoms with Crippen molar-refractivity contribution in [3.63, 3.8) is 0 Å². The van der Waals surface area contributed by atoms with E-state index in [2.05, 4.69) is 9.97 Å². The average molecular weight is 202 g/mol. The van der Waals surface area contributed by atoms with E-state index in [1.165, 1.54) is 6.33 Å². The van der Waals surface area contributed by atoms with Gasteiger partial charge in [0.25, 0.3) is 0 Å². The fourth-order valence-electron chi connectivity index (χ4n) is 1.53. The first-order chi connectivity index (χ1) is 7.22. The molecule has 4 heteroatoms. The molecule has 1 heterocycles. The van der Waals surface area contributed by atoms with E-state index in [1.807, 2.05) is 13.0 Å². The smallest absolute Gasteiger partial charge is 0.337 e. The highest BCUT2D eigenvalue weighted by Gasteiger charge is 2.10. The van der Waals surface area contributed by atoms with Gasteiger partial charge in [0.05, 0.1) is 11.1 Å². The summed E-state index contributed by atoms with van der Waals surface area (Å²) in [6.45, 7) is 1.98. The molecule has 0 atom stereocenters. The highest BCUT2D eigenvalue weighted by molar-refractivity contribution is 6.01. The van der Waals surface area contributed by atoms with E-state index in [1.54, 1.807) is 12.3 Å². The molecule has 15 heavy (non-hydrogen) atoms. The first-order valence-corrected chi connectivity index (χ1v) is 4.68. The third-order valence-corrected chi connectivity index (χ3v) is 2.30. The predicted molar refractivity (Wildman–Crippen MR) is 55.9 cm³/mol. The van der Waals surface area contributed by atoms with E-state index in [0.717, 1.165) is 17.4 Å². The minimum atomic E-state index is -0.950. The Morgan fingerprint density at radius 1 is 1.47 bits per heavy atom. The minimum absolute atomic E-state index is 0.242. The second-order valence-electron chi connectivity index (χ2n) is 3.26. The number of fused-ring (bicyclic) bond motifs is 1. The van der Waals surface area contributed by atoms with Crippen molar-refractivity contribution < 1.29 is 9.90 Å². The molecule has 0 fully saturated rings. The number of aromatic carboxylic acids is 1. The van der Waals surface area contributed by atoms with E-state index in [-0.39, 0.29) is 5.56 Å². The lowest BCUT2D eigenvalue weighted by atomic mass is 10.0. The fourth-order valence-corrected chi connectivity index (χ4v) is 1.53. The number of carboxylic acid groups (broad SMARTS) is 1. The standard InChI is InChI=1S/C11H10N2O2/c1-2-7-3-8-5-12-6-13-10(8)9(4-7)11(14)15/h3-6H,2H2,1H3,(H,14,15). The fraction of sp³-hybridized carbons (Fsp3) is 0.182.